The van der Waals surface area contributed by atoms with E-state index in [1.165, 1.54) is 18.5 Å². The smallest absolute Gasteiger partial charge is 0.383 e. The van der Waals surface area contributed by atoms with Crippen molar-refractivity contribution in [1.82, 2.24) is 20.2 Å². The summed E-state index contributed by atoms with van der Waals surface area (Å²) in [4.78, 5) is 12.9. The molecule has 10 heteroatoms. The summed E-state index contributed by atoms with van der Waals surface area (Å²) in [5.41, 5.74) is 7.72. The first-order valence-corrected chi connectivity index (χ1v) is 10.9. The Morgan fingerprint density at radius 1 is 0.971 bits per heavy atom. The van der Waals surface area contributed by atoms with E-state index in [0.717, 1.165) is 23.3 Å². The zero-order chi connectivity index (χ0) is 24.3. The van der Waals surface area contributed by atoms with E-state index in [-0.39, 0.29) is 11.9 Å². The van der Waals surface area contributed by atoms with Gasteiger partial charge in [0.2, 0.25) is 0 Å². The van der Waals surface area contributed by atoms with Gasteiger partial charge in [-0.1, -0.05) is 24.3 Å². The fraction of sp³-hybridized carbons (Fsp3) is 0.333. The number of likely N-dealkylation sites (N-methyl/N-ethyl adjacent to an activating group) is 1. The van der Waals surface area contributed by atoms with Crippen molar-refractivity contribution in [3.63, 3.8) is 0 Å². The minimum Gasteiger partial charge on any atom is -0.383 e. The predicted octanol–water partition coefficient (Wildman–Crippen LogP) is 3.97. The van der Waals surface area contributed by atoms with E-state index in [1.807, 2.05) is 7.05 Å². The second-order valence-corrected chi connectivity index (χ2v) is 8.18. The van der Waals surface area contributed by atoms with Gasteiger partial charge < -0.3 is 16.0 Å². The molecule has 0 radical (unpaired) electrons. The number of benzene rings is 2. The fourth-order valence-electron chi connectivity index (χ4n) is 4.31. The molecular weight excluding hydrogens is 448 g/mol. The van der Waals surface area contributed by atoms with Gasteiger partial charge in [0.1, 0.15) is 23.8 Å². The third-order valence-electron chi connectivity index (χ3n) is 6.06. The zero-order valence-corrected chi connectivity index (χ0v) is 18.7. The average molecular weight is 475 g/mol. The molecule has 3 N–H and O–H groups in total. The molecule has 0 spiro atoms. The lowest BCUT2D eigenvalue weighted by Gasteiger charge is -2.40. The van der Waals surface area contributed by atoms with E-state index < -0.39 is 11.7 Å². The molecule has 1 fully saturated rings. The number of anilines is 2. The molecule has 0 amide bonds. The summed E-state index contributed by atoms with van der Waals surface area (Å²) in [6, 6.07) is 11.3. The van der Waals surface area contributed by atoms with Gasteiger partial charge in [-0.25, -0.2) is 14.4 Å². The van der Waals surface area contributed by atoms with E-state index in [9.17, 15) is 17.6 Å². The van der Waals surface area contributed by atoms with Crippen LogP contribution in [0, 0.1) is 5.82 Å². The van der Waals surface area contributed by atoms with Gasteiger partial charge in [0, 0.05) is 38.8 Å². The highest BCUT2D eigenvalue weighted by Gasteiger charge is 2.31. The van der Waals surface area contributed by atoms with Gasteiger partial charge in [0.25, 0.3) is 0 Å². The van der Waals surface area contributed by atoms with Crippen molar-refractivity contribution in [3.05, 3.63) is 71.8 Å². The first-order valence-electron chi connectivity index (χ1n) is 10.9. The van der Waals surface area contributed by atoms with Crippen LogP contribution in [0.3, 0.4) is 0 Å². The van der Waals surface area contributed by atoms with Crippen LogP contribution in [0.2, 0.25) is 0 Å². The minimum atomic E-state index is -4.36. The van der Waals surface area contributed by atoms with Crippen LogP contribution in [0.1, 0.15) is 17.2 Å². The van der Waals surface area contributed by atoms with Crippen molar-refractivity contribution in [1.29, 1.82) is 0 Å². The molecule has 3 aromatic rings. The number of piperazine rings is 1. The lowest BCUT2D eigenvalue weighted by Crippen LogP contribution is -2.49. The van der Waals surface area contributed by atoms with E-state index in [1.54, 1.807) is 24.3 Å². The number of halogens is 4. The van der Waals surface area contributed by atoms with Crippen LogP contribution >= 0.6 is 0 Å². The molecule has 1 atom stereocenters. The number of nitrogens with two attached hydrogens (primary N) is 1. The quantitative estimate of drug-likeness (QED) is 0.527. The highest BCUT2D eigenvalue weighted by atomic mass is 19.4. The molecule has 0 aliphatic carbocycles. The molecule has 0 saturated carbocycles. The Kier molecular flexibility index (Phi) is 6.99. The first kappa shape index (κ1) is 23.9. The molecule has 1 aliphatic rings. The zero-order valence-electron chi connectivity index (χ0n) is 18.7. The van der Waals surface area contributed by atoms with Gasteiger partial charge >= 0.3 is 6.18 Å². The molecule has 2 heterocycles. The van der Waals surface area contributed by atoms with Crippen molar-refractivity contribution >= 4 is 11.6 Å². The molecule has 2 aromatic carbocycles. The molecule has 1 aromatic heterocycles. The van der Waals surface area contributed by atoms with Crippen molar-refractivity contribution in [3.8, 4) is 11.1 Å². The molecule has 4 rings (SSSR count). The number of hydrogen-bond donors (Lipinski definition) is 2. The SMILES string of the molecule is CNCC(c1ccc(C(F)(F)F)cc1)N1CCN(c2ncnc(N)c2-c2ccc(F)cc2)CC1. The second kappa shape index (κ2) is 9.94. The van der Waals surface area contributed by atoms with Crippen LogP contribution in [0.4, 0.5) is 29.2 Å². The Bertz CT molecular complexity index is 1090. The van der Waals surface area contributed by atoms with Crippen molar-refractivity contribution in [2.24, 2.45) is 0 Å². The Morgan fingerprint density at radius 2 is 1.62 bits per heavy atom. The van der Waals surface area contributed by atoms with Crippen molar-refractivity contribution in [2.75, 3.05) is 50.4 Å². The lowest BCUT2D eigenvalue weighted by molar-refractivity contribution is -0.137. The van der Waals surface area contributed by atoms with E-state index in [4.69, 9.17) is 5.73 Å². The molecule has 0 bridgehead atoms. The van der Waals surface area contributed by atoms with Crippen LogP contribution in [0.25, 0.3) is 11.1 Å². The largest absolute Gasteiger partial charge is 0.416 e. The Balaban J connectivity index is 1.52. The first-order chi connectivity index (χ1) is 16.3. The van der Waals surface area contributed by atoms with Gasteiger partial charge in [-0.2, -0.15) is 13.2 Å². The third-order valence-corrected chi connectivity index (χ3v) is 6.06. The predicted molar refractivity (Wildman–Crippen MR) is 124 cm³/mol. The van der Waals surface area contributed by atoms with E-state index >= 15 is 0 Å². The van der Waals surface area contributed by atoms with Gasteiger partial charge in [0.05, 0.1) is 11.1 Å². The molecule has 180 valence electrons. The number of rotatable bonds is 6. The number of nitrogens with one attached hydrogen (secondary N) is 1. The Labute approximate surface area is 195 Å². The highest BCUT2D eigenvalue weighted by molar-refractivity contribution is 5.84. The number of alkyl halides is 3. The fourth-order valence-corrected chi connectivity index (χ4v) is 4.31. The summed E-state index contributed by atoms with van der Waals surface area (Å²) >= 11 is 0. The summed E-state index contributed by atoms with van der Waals surface area (Å²) in [5, 5.41) is 3.15. The third kappa shape index (κ3) is 5.13. The van der Waals surface area contributed by atoms with Crippen LogP contribution < -0.4 is 16.0 Å². The number of nitrogen functional groups attached to an aromatic ring is 1. The number of aromatic nitrogens is 2. The summed E-state index contributed by atoms with van der Waals surface area (Å²) in [6.07, 6.45) is -2.94. The summed E-state index contributed by atoms with van der Waals surface area (Å²) < 4.78 is 52.3. The number of nitrogens with zero attached hydrogens (tertiary/aromatic N) is 4. The highest BCUT2D eigenvalue weighted by Crippen LogP contribution is 2.35. The maximum absolute atomic E-state index is 13.4. The second-order valence-electron chi connectivity index (χ2n) is 8.18. The lowest BCUT2D eigenvalue weighted by atomic mass is 10.0. The van der Waals surface area contributed by atoms with Gasteiger partial charge in [0.15, 0.2) is 0 Å². The summed E-state index contributed by atoms with van der Waals surface area (Å²) in [6.45, 7) is 3.25. The number of hydrogen-bond acceptors (Lipinski definition) is 6. The van der Waals surface area contributed by atoms with Crippen LogP contribution in [-0.2, 0) is 6.18 Å². The van der Waals surface area contributed by atoms with Crippen molar-refractivity contribution < 1.29 is 17.6 Å². The molecule has 1 saturated heterocycles. The summed E-state index contributed by atoms with van der Waals surface area (Å²) in [7, 11) is 1.83. The molecule has 1 unspecified atom stereocenters. The topological polar surface area (TPSA) is 70.3 Å². The van der Waals surface area contributed by atoms with Gasteiger partial charge in [-0.3, -0.25) is 4.90 Å². The normalized spacial score (nSPS) is 16.0. The summed E-state index contributed by atoms with van der Waals surface area (Å²) in [5.74, 6) is 0.656. The van der Waals surface area contributed by atoms with Crippen LogP contribution in [-0.4, -0.2) is 54.6 Å². The molecule has 34 heavy (non-hydrogen) atoms. The van der Waals surface area contributed by atoms with Crippen LogP contribution in [0.15, 0.2) is 54.9 Å². The average Bonchev–Trinajstić information content (AvgIpc) is 2.83. The molecular formula is C24H26F4N6. The molecule has 6 nitrogen and oxygen atoms in total. The van der Waals surface area contributed by atoms with E-state index in [2.05, 4.69) is 25.1 Å². The maximum Gasteiger partial charge on any atom is 0.416 e. The van der Waals surface area contributed by atoms with Crippen LogP contribution in [0.5, 0.6) is 0 Å². The monoisotopic (exact) mass is 474 g/mol. The Hall–Kier alpha value is -3.24. The standard InChI is InChI=1S/C24H26F4N6/c1-30-14-20(16-2-6-18(7-3-16)24(26,27)28)33-10-12-34(13-11-33)23-21(22(29)31-15-32-23)17-4-8-19(25)9-5-17/h2-9,15,20,30H,10-14H2,1H3,(H2,29,31,32). The minimum absolute atomic E-state index is 0.0681. The van der Waals surface area contributed by atoms with E-state index in [0.29, 0.717) is 49.9 Å². The van der Waals surface area contributed by atoms with Gasteiger partial charge in [-0.05, 0) is 42.4 Å². The Morgan fingerprint density at radius 3 is 2.21 bits per heavy atom. The maximum atomic E-state index is 13.4. The molecule has 1 aliphatic heterocycles. The van der Waals surface area contributed by atoms with Crippen molar-refractivity contribution in [2.45, 2.75) is 12.2 Å². The van der Waals surface area contributed by atoms with Gasteiger partial charge in [-0.15, -0.1) is 0 Å².